The zero-order chi connectivity index (χ0) is 38.5. The molecule has 17 unspecified atom stereocenters. The number of fused-ring (bicyclic) bond motifs is 7. The number of carboxylic acids is 2. The van der Waals surface area contributed by atoms with Crippen LogP contribution in [-0.2, 0) is 33.3 Å². The Morgan fingerprint density at radius 3 is 2.17 bits per heavy atom. The molecule has 300 valence electrons. The molecule has 12 nitrogen and oxygen atoms in total. The summed E-state index contributed by atoms with van der Waals surface area (Å²) >= 11 is 0. The van der Waals surface area contributed by atoms with Crippen molar-refractivity contribution < 1.29 is 58.9 Å². The molecule has 7 rings (SSSR count). The molecule has 0 bridgehead atoms. The highest BCUT2D eigenvalue weighted by atomic mass is 16.7. The van der Waals surface area contributed by atoms with Gasteiger partial charge in [0.05, 0.1) is 29.1 Å². The zero-order valence-corrected chi connectivity index (χ0v) is 32.5. The molecule has 5 aliphatic carbocycles. The van der Waals surface area contributed by atoms with E-state index in [2.05, 4.69) is 34.6 Å². The van der Waals surface area contributed by atoms with Crippen LogP contribution in [0.25, 0.3) is 0 Å². The van der Waals surface area contributed by atoms with Gasteiger partial charge in [-0.25, -0.2) is 4.79 Å². The molecule has 7 aliphatic rings. The van der Waals surface area contributed by atoms with Gasteiger partial charge in [-0.05, 0) is 122 Å². The zero-order valence-electron chi connectivity index (χ0n) is 32.5. The van der Waals surface area contributed by atoms with Crippen molar-refractivity contribution in [2.24, 2.45) is 56.2 Å². The van der Waals surface area contributed by atoms with Crippen molar-refractivity contribution >= 4 is 18.2 Å². The molecular formula is C41H64O12. The van der Waals surface area contributed by atoms with Crippen LogP contribution in [0.5, 0.6) is 0 Å². The van der Waals surface area contributed by atoms with Crippen LogP contribution in [0.3, 0.4) is 0 Å². The number of rotatable bonds is 7. The van der Waals surface area contributed by atoms with Gasteiger partial charge in [0.15, 0.2) is 18.7 Å². The lowest BCUT2D eigenvalue weighted by atomic mass is 9.31. The monoisotopic (exact) mass is 748 g/mol. The second-order valence-electron chi connectivity index (χ2n) is 20.0. The third-order valence-electron chi connectivity index (χ3n) is 17.1. The van der Waals surface area contributed by atoms with Gasteiger partial charge in [0.2, 0.25) is 0 Å². The van der Waals surface area contributed by atoms with Crippen LogP contribution in [0.2, 0.25) is 0 Å². The number of aliphatic hydroxyl groups is 3. The molecule has 5 N–H and O–H groups in total. The molecule has 12 heteroatoms. The third-order valence-corrected chi connectivity index (χ3v) is 17.1. The Kier molecular flexibility index (Phi) is 10.1. The molecule has 2 aliphatic heterocycles. The molecule has 53 heavy (non-hydrogen) atoms. The molecule has 0 aromatic rings. The first-order valence-corrected chi connectivity index (χ1v) is 20.3. The quantitative estimate of drug-likeness (QED) is 0.175. The SMILES string of the molecule is CC1(C)CCC2(C(=O)O)C(O)CC3(C)C(CCC4C5(C)CCC(OC6OC(C(=O)O)CC(OC7OCCCC7O)C6O)C(C)(C=O)C5CCC43C)C2C1. The minimum Gasteiger partial charge on any atom is -0.481 e. The van der Waals surface area contributed by atoms with Crippen molar-refractivity contribution in [3.8, 4) is 0 Å². The van der Waals surface area contributed by atoms with Crippen LogP contribution < -0.4 is 0 Å². The summed E-state index contributed by atoms with van der Waals surface area (Å²) in [5.41, 5.74) is -2.83. The Balaban J connectivity index is 1.14. The van der Waals surface area contributed by atoms with Gasteiger partial charge in [-0.3, -0.25) is 4.79 Å². The minimum atomic E-state index is -1.38. The highest BCUT2D eigenvalue weighted by Gasteiger charge is 2.73. The first-order valence-electron chi connectivity index (χ1n) is 20.3. The van der Waals surface area contributed by atoms with Crippen LogP contribution in [0, 0.1) is 56.2 Å². The van der Waals surface area contributed by atoms with E-state index in [-0.39, 0.29) is 51.8 Å². The fourth-order valence-electron chi connectivity index (χ4n) is 14.0. The molecule has 0 aromatic carbocycles. The maximum atomic E-state index is 13.4. The number of carbonyl (C=O) groups is 3. The summed E-state index contributed by atoms with van der Waals surface area (Å²) in [6.07, 6.45) is 0.541. The average molecular weight is 749 g/mol. The molecule has 7 fully saturated rings. The number of aliphatic hydroxyl groups excluding tert-OH is 3. The largest absolute Gasteiger partial charge is 0.481 e. The highest BCUT2D eigenvalue weighted by molar-refractivity contribution is 5.76. The normalized spacial score (nSPS) is 53.6. The predicted octanol–water partition coefficient (Wildman–Crippen LogP) is 4.93. The molecule has 5 saturated carbocycles. The fraction of sp³-hybridized carbons (Fsp3) is 0.927. The van der Waals surface area contributed by atoms with Crippen LogP contribution in [0.4, 0.5) is 0 Å². The summed E-state index contributed by atoms with van der Waals surface area (Å²) in [6, 6.07) is 0. The topological polar surface area (TPSA) is 189 Å². The minimum absolute atomic E-state index is 0.00426. The standard InChI is InChI=1S/C41H64O12/c1-36(2)15-16-41(35(48)49)23(19-36)22-9-10-28-37(3)13-12-30(38(4,21-42)27(37)11-14-39(28,5)40(22,6)20-29(41)44)53-34-31(45)25(18-26(52-34)32(46)47)51-33-24(43)8-7-17-50-33/h21-31,33-34,43-45H,7-20H2,1-6H3,(H,46,47)(H,48,49). The third kappa shape index (κ3) is 5.89. The van der Waals surface area contributed by atoms with E-state index in [4.69, 9.17) is 18.9 Å². The Hall–Kier alpha value is -1.67. The van der Waals surface area contributed by atoms with Crippen molar-refractivity contribution in [1.29, 1.82) is 0 Å². The highest BCUT2D eigenvalue weighted by Crippen LogP contribution is 2.77. The van der Waals surface area contributed by atoms with E-state index in [1.165, 1.54) is 0 Å². The van der Waals surface area contributed by atoms with Gasteiger partial charge in [-0.15, -0.1) is 0 Å². The summed E-state index contributed by atoms with van der Waals surface area (Å²) in [5, 5.41) is 54.6. The fourth-order valence-corrected chi connectivity index (χ4v) is 14.0. The first-order chi connectivity index (χ1) is 24.8. The van der Waals surface area contributed by atoms with E-state index in [1.54, 1.807) is 0 Å². The van der Waals surface area contributed by atoms with E-state index in [9.17, 15) is 39.9 Å². The predicted molar refractivity (Wildman–Crippen MR) is 190 cm³/mol. The lowest BCUT2D eigenvalue weighted by molar-refractivity contribution is -0.329. The number of hydrogen-bond donors (Lipinski definition) is 5. The van der Waals surface area contributed by atoms with Crippen molar-refractivity contribution in [2.75, 3.05) is 6.61 Å². The molecule has 2 saturated heterocycles. The van der Waals surface area contributed by atoms with Crippen LogP contribution in [-0.4, -0.2) is 99.6 Å². The number of aldehydes is 1. The molecule has 2 heterocycles. The Bertz CT molecular complexity index is 1440. The summed E-state index contributed by atoms with van der Waals surface area (Å²) < 4.78 is 23.9. The van der Waals surface area contributed by atoms with Gasteiger partial charge < -0.3 is 49.3 Å². The van der Waals surface area contributed by atoms with Gasteiger partial charge >= 0.3 is 11.9 Å². The Morgan fingerprint density at radius 1 is 0.774 bits per heavy atom. The smallest absolute Gasteiger partial charge is 0.333 e. The van der Waals surface area contributed by atoms with Gasteiger partial charge in [0.1, 0.15) is 18.5 Å². The summed E-state index contributed by atoms with van der Waals surface area (Å²) in [5.74, 6) is -1.86. The van der Waals surface area contributed by atoms with Crippen LogP contribution in [0.1, 0.15) is 125 Å². The van der Waals surface area contributed by atoms with Crippen molar-refractivity contribution in [3.63, 3.8) is 0 Å². The first kappa shape index (κ1) is 39.6. The molecule has 0 radical (unpaired) electrons. The van der Waals surface area contributed by atoms with Crippen molar-refractivity contribution in [1.82, 2.24) is 0 Å². The lowest BCUT2D eigenvalue weighted by Gasteiger charge is -2.73. The molecule has 0 aromatic heterocycles. The van der Waals surface area contributed by atoms with Crippen molar-refractivity contribution in [3.05, 3.63) is 0 Å². The molecule has 0 spiro atoms. The second kappa shape index (κ2) is 13.5. The number of carboxylic acid groups (broad SMARTS) is 2. The van der Waals surface area contributed by atoms with Gasteiger partial charge in [-0.1, -0.05) is 41.5 Å². The number of ether oxygens (including phenoxy) is 4. The maximum Gasteiger partial charge on any atom is 0.333 e. The average Bonchev–Trinajstić information content (AvgIpc) is 3.08. The number of carbonyl (C=O) groups excluding carboxylic acids is 1. The Labute approximate surface area is 313 Å². The second-order valence-corrected chi connectivity index (χ2v) is 20.0. The van der Waals surface area contributed by atoms with E-state index in [0.717, 1.165) is 51.2 Å². The van der Waals surface area contributed by atoms with E-state index in [0.29, 0.717) is 38.7 Å². The molecular weight excluding hydrogens is 684 g/mol. The van der Waals surface area contributed by atoms with Crippen LogP contribution in [0.15, 0.2) is 0 Å². The van der Waals surface area contributed by atoms with E-state index >= 15 is 0 Å². The maximum absolute atomic E-state index is 13.4. The Morgan fingerprint density at radius 2 is 1.51 bits per heavy atom. The van der Waals surface area contributed by atoms with Gasteiger partial charge in [0.25, 0.3) is 0 Å². The van der Waals surface area contributed by atoms with E-state index < -0.39 is 72.0 Å². The van der Waals surface area contributed by atoms with Gasteiger partial charge in [-0.2, -0.15) is 0 Å². The van der Waals surface area contributed by atoms with E-state index in [1.807, 2.05) is 6.92 Å². The van der Waals surface area contributed by atoms with Gasteiger partial charge in [0, 0.05) is 13.0 Å². The summed E-state index contributed by atoms with van der Waals surface area (Å²) in [4.78, 5) is 38.7. The summed E-state index contributed by atoms with van der Waals surface area (Å²) in [6.45, 7) is 13.8. The molecule has 17 atom stereocenters. The molecule has 0 amide bonds. The number of aliphatic carboxylic acids is 2. The number of hydrogen-bond acceptors (Lipinski definition) is 10. The lowest BCUT2D eigenvalue weighted by Crippen LogP contribution is -2.70. The van der Waals surface area contributed by atoms with Crippen molar-refractivity contribution in [2.45, 2.75) is 174 Å². The van der Waals surface area contributed by atoms with Crippen LogP contribution >= 0.6 is 0 Å². The summed E-state index contributed by atoms with van der Waals surface area (Å²) in [7, 11) is 0.